The molecule has 0 aromatic heterocycles. The highest BCUT2D eigenvalue weighted by Gasteiger charge is 2.19. The van der Waals surface area contributed by atoms with Crippen LogP contribution in [-0.4, -0.2) is 13.0 Å². The average molecular weight is 373 g/mol. The molecule has 0 saturated carbocycles. The molecule has 0 fully saturated rings. The smallest absolute Gasteiger partial charge is 0.225 e. The third kappa shape index (κ3) is 4.61. The lowest BCUT2D eigenvalue weighted by atomic mass is 9.93. The molecule has 3 aromatic carbocycles. The maximum Gasteiger partial charge on any atom is 0.225 e. The van der Waals surface area contributed by atoms with E-state index >= 15 is 0 Å². The molecular weight excluding hydrogens is 346 g/mol. The van der Waals surface area contributed by atoms with E-state index in [-0.39, 0.29) is 11.9 Å². The van der Waals surface area contributed by atoms with Gasteiger partial charge in [-0.2, -0.15) is 0 Å². The Bertz CT molecular complexity index is 964. The van der Waals surface area contributed by atoms with E-state index in [4.69, 9.17) is 4.74 Å². The number of nitrogens with one attached hydrogen (secondary N) is 1. The summed E-state index contributed by atoms with van der Waals surface area (Å²) in [6.45, 7) is 6.17. The fourth-order valence-corrected chi connectivity index (χ4v) is 3.58. The normalized spacial score (nSPS) is 11.7. The first kappa shape index (κ1) is 19.7. The van der Waals surface area contributed by atoms with Gasteiger partial charge in [-0.15, -0.1) is 0 Å². The van der Waals surface area contributed by atoms with Gasteiger partial charge in [-0.05, 0) is 54.7 Å². The highest BCUT2D eigenvalue weighted by atomic mass is 16.5. The Balaban J connectivity index is 1.85. The van der Waals surface area contributed by atoms with Crippen LogP contribution < -0.4 is 10.1 Å². The van der Waals surface area contributed by atoms with E-state index in [2.05, 4.69) is 49.5 Å². The molecule has 0 aliphatic rings. The Morgan fingerprint density at radius 2 is 1.68 bits per heavy atom. The summed E-state index contributed by atoms with van der Waals surface area (Å²) in [5.74, 6) is 0.833. The SMILES string of the molecule is COc1ccc(CC(=O)N[C@@H](c2ccccc2)c2ccc(C)cc2C)cc1C. The number of methoxy groups -OCH3 is 1. The summed E-state index contributed by atoms with van der Waals surface area (Å²) in [6.07, 6.45) is 0.332. The minimum Gasteiger partial charge on any atom is -0.496 e. The van der Waals surface area contributed by atoms with Gasteiger partial charge in [0.05, 0.1) is 19.6 Å². The summed E-state index contributed by atoms with van der Waals surface area (Å²) in [5.41, 5.74) is 6.59. The molecule has 3 nitrogen and oxygen atoms in total. The van der Waals surface area contributed by atoms with Gasteiger partial charge in [0.1, 0.15) is 5.75 Å². The lowest BCUT2D eigenvalue weighted by Crippen LogP contribution is -2.31. The summed E-state index contributed by atoms with van der Waals surface area (Å²) in [5, 5.41) is 3.24. The number of rotatable bonds is 6. The largest absolute Gasteiger partial charge is 0.496 e. The molecule has 3 rings (SSSR count). The Hall–Kier alpha value is -3.07. The first-order valence-electron chi connectivity index (χ1n) is 9.53. The van der Waals surface area contributed by atoms with Crippen molar-refractivity contribution in [1.29, 1.82) is 0 Å². The number of aryl methyl sites for hydroxylation is 3. The minimum atomic E-state index is -0.173. The molecule has 0 heterocycles. The summed E-state index contributed by atoms with van der Waals surface area (Å²) in [4.78, 5) is 12.9. The van der Waals surface area contributed by atoms with Crippen molar-refractivity contribution in [3.05, 3.63) is 100 Å². The van der Waals surface area contributed by atoms with Crippen molar-refractivity contribution in [3.63, 3.8) is 0 Å². The summed E-state index contributed by atoms with van der Waals surface area (Å²) < 4.78 is 5.31. The zero-order valence-electron chi connectivity index (χ0n) is 17.0. The lowest BCUT2D eigenvalue weighted by Gasteiger charge is -2.22. The second kappa shape index (κ2) is 8.75. The number of benzene rings is 3. The van der Waals surface area contributed by atoms with Gasteiger partial charge in [0.25, 0.3) is 0 Å². The Morgan fingerprint density at radius 3 is 2.32 bits per heavy atom. The van der Waals surface area contributed by atoms with Crippen LogP contribution in [0.1, 0.15) is 39.4 Å². The van der Waals surface area contributed by atoms with Crippen LogP contribution in [0.25, 0.3) is 0 Å². The van der Waals surface area contributed by atoms with Gasteiger partial charge >= 0.3 is 0 Å². The van der Waals surface area contributed by atoms with E-state index < -0.39 is 0 Å². The number of carbonyl (C=O) groups is 1. The molecule has 1 N–H and O–H groups in total. The molecule has 1 amide bonds. The van der Waals surface area contributed by atoms with Gasteiger partial charge in [0.2, 0.25) is 5.91 Å². The topological polar surface area (TPSA) is 38.3 Å². The molecule has 1 atom stereocenters. The third-order valence-corrected chi connectivity index (χ3v) is 5.00. The first-order valence-corrected chi connectivity index (χ1v) is 9.53. The molecule has 28 heavy (non-hydrogen) atoms. The molecule has 0 unspecified atom stereocenters. The number of carbonyl (C=O) groups excluding carboxylic acids is 1. The van der Waals surface area contributed by atoms with Crippen molar-refractivity contribution in [2.75, 3.05) is 7.11 Å². The van der Waals surface area contributed by atoms with Crippen molar-refractivity contribution in [2.45, 2.75) is 33.2 Å². The maximum atomic E-state index is 12.9. The van der Waals surface area contributed by atoms with Crippen molar-refractivity contribution < 1.29 is 9.53 Å². The number of amides is 1. The van der Waals surface area contributed by atoms with Gasteiger partial charge in [-0.25, -0.2) is 0 Å². The van der Waals surface area contributed by atoms with Gasteiger partial charge in [0, 0.05) is 0 Å². The second-order valence-corrected chi connectivity index (χ2v) is 7.25. The molecule has 0 bridgehead atoms. The van der Waals surface area contributed by atoms with Crippen LogP contribution in [0.5, 0.6) is 5.75 Å². The molecule has 0 radical (unpaired) electrons. The van der Waals surface area contributed by atoms with E-state index in [1.54, 1.807) is 7.11 Å². The van der Waals surface area contributed by atoms with E-state index in [0.29, 0.717) is 6.42 Å². The van der Waals surface area contributed by atoms with Crippen LogP contribution >= 0.6 is 0 Å². The van der Waals surface area contributed by atoms with Crippen LogP contribution in [-0.2, 0) is 11.2 Å². The Kier molecular flexibility index (Phi) is 6.15. The Labute approximate surface area is 167 Å². The quantitative estimate of drug-likeness (QED) is 0.655. The zero-order valence-corrected chi connectivity index (χ0v) is 17.0. The molecule has 3 heteroatoms. The average Bonchev–Trinajstić information content (AvgIpc) is 2.67. The van der Waals surface area contributed by atoms with Gasteiger partial charge in [-0.3, -0.25) is 4.79 Å². The number of hydrogen-bond donors (Lipinski definition) is 1. The van der Waals surface area contributed by atoms with Gasteiger partial charge < -0.3 is 10.1 Å². The van der Waals surface area contributed by atoms with Crippen LogP contribution in [0.15, 0.2) is 66.7 Å². The molecule has 0 aliphatic carbocycles. The van der Waals surface area contributed by atoms with Crippen LogP contribution in [0, 0.1) is 20.8 Å². The molecule has 0 spiro atoms. The third-order valence-electron chi connectivity index (χ3n) is 5.00. The lowest BCUT2D eigenvalue weighted by molar-refractivity contribution is -0.120. The van der Waals surface area contributed by atoms with Crippen molar-refractivity contribution in [3.8, 4) is 5.75 Å². The summed E-state index contributed by atoms with van der Waals surface area (Å²) >= 11 is 0. The van der Waals surface area contributed by atoms with E-state index in [1.165, 1.54) is 11.1 Å². The monoisotopic (exact) mass is 373 g/mol. The standard InChI is InChI=1S/C25H27NO2/c1-17-10-12-22(18(2)14-17)25(21-8-6-5-7-9-21)26-24(27)16-20-11-13-23(28-4)19(3)15-20/h5-15,25H,16H2,1-4H3,(H,26,27)/t25-/m0/s1. The van der Waals surface area contributed by atoms with Crippen molar-refractivity contribution in [2.24, 2.45) is 0 Å². The second-order valence-electron chi connectivity index (χ2n) is 7.25. The van der Waals surface area contributed by atoms with Crippen LogP contribution in [0.4, 0.5) is 0 Å². The van der Waals surface area contributed by atoms with Crippen LogP contribution in [0.3, 0.4) is 0 Å². The maximum absolute atomic E-state index is 12.9. The van der Waals surface area contributed by atoms with Crippen molar-refractivity contribution in [1.82, 2.24) is 5.32 Å². The molecule has 0 saturated heterocycles. The molecule has 144 valence electrons. The predicted molar refractivity (Wildman–Crippen MR) is 114 cm³/mol. The summed E-state index contributed by atoms with van der Waals surface area (Å²) in [7, 11) is 1.66. The molecule has 0 aliphatic heterocycles. The zero-order chi connectivity index (χ0) is 20.1. The van der Waals surface area contributed by atoms with Crippen LogP contribution in [0.2, 0.25) is 0 Å². The number of hydrogen-bond acceptors (Lipinski definition) is 2. The predicted octanol–water partition coefficient (Wildman–Crippen LogP) is 5.07. The highest BCUT2D eigenvalue weighted by molar-refractivity contribution is 5.79. The van der Waals surface area contributed by atoms with Gasteiger partial charge in [0.15, 0.2) is 0 Å². The molecule has 3 aromatic rings. The molecular formula is C25H27NO2. The summed E-state index contributed by atoms with van der Waals surface area (Å²) in [6, 6.07) is 22.2. The first-order chi connectivity index (χ1) is 13.5. The van der Waals surface area contributed by atoms with E-state index in [1.807, 2.05) is 43.3 Å². The fraction of sp³-hybridized carbons (Fsp3) is 0.240. The van der Waals surface area contributed by atoms with E-state index in [9.17, 15) is 4.79 Å². The Morgan fingerprint density at radius 1 is 0.929 bits per heavy atom. The van der Waals surface area contributed by atoms with Gasteiger partial charge in [-0.1, -0.05) is 66.2 Å². The van der Waals surface area contributed by atoms with Crippen molar-refractivity contribution >= 4 is 5.91 Å². The minimum absolute atomic E-state index is 0.00149. The highest BCUT2D eigenvalue weighted by Crippen LogP contribution is 2.26. The number of ether oxygens (including phenoxy) is 1. The fourth-order valence-electron chi connectivity index (χ4n) is 3.58. The van der Waals surface area contributed by atoms with E-state index in [0.717, 1.165) is 28.0 Å².